The summed E-state index contributed by atoms with van der Waals surface area (Å²) in [7, 11) is 3.35. The summed E-state index contributed by atoms with van der Waals surface area (Å²) >= 11 is 0. The van der Waals surface area contributed by atoms with Crippen molar-refractivity contribution in [1.29, 1.82) is 0 Å². The number of rotatable bonds is 8. The molecule has 0 saturated carbocycles. The molecule has 3 N–H and O–H groups in total. The predicted octanol–water partition coefficient (Wildman–Crippen LogP) is 1.44. The maximum atomic E-state index is 10.5. The summed E-state index contributed by atoms with van der Waals surface area (Å²) in [6.45, 7) is 2.64. The fourth-order valence-corrected chi connectivity index (χ4v) is 1.58. The molecule has 0 saturated heterocycles. The number of guanidine groups is 1. The van der Waals surface area contributed by atoms with Gasteiger partial charge in [0.2, 0.25) is 0 Å². The Balaban J connectivity index is 0.00000441. The monoisotopic (exact) mass is 423 g/mol. The largest absolute Gasteiger partial charge is 0.383 e. The van der Waals surface area contributed by atoms with Crippen LogP contribution in [0.5, 0.6) is 0 Å². The van der Waals surface area contributed by atoms with Crippen molar-refractivity contribution in [3.05, 3.63) is 34.4 Å². The van der Waals surface area contributed by atoms with Gasteiger partial charge in [0.1, 0.15) is 0 Å². The summed E-state index contributed by atoms with van der Waals surface area (Å²) < 4.78 is 4.94. The summed E-state index contributed by atoms with van der Waals surface area (Å²) in [5.41, 5.74) is 0.922. The summed E-state index contributed by atoms with van der Waals surface area (Å²) in [6.07, 6.45) is 0. The summed E-state index contributed by atoms with van der Waals surface area (Å²) in [5, 5.41) is 19.9. The number of hydrogen-bond acceptors (Lipinski definition) is 5. The van der Waals surface area contributed by atoms with E-state index in [-0.39, 0.29) is 29.7 Å². The van der Waals surface area contributed by atoms with Gasteiger partial charge in [0, 0.05) is 51.6 Å². The maximum Gasteiger partial charge on any atom is 0.269 e. The molecule has 0 heterocycles. The highest BCUT2D eigenvalue weighted by Gasteiger charge is 2.03. The number of methoxy groups -OCH3 is 1. The fourth-order valence-electron chi connectivity index (χ4n) is 1.58. The first-order chi connectivity index (χ1) is 10.2. The highest BCUT2D eigenvalue weighted by Crippen LogP contribution is 2.14. The van der Waals surface area contributed by atoms with E-state index >= 15 is 0 Å². The van der Waals surface area contributed by atoms with Crippen molar-refractivity contribution in [1.82, 2.24) is 10.6 Å². The number of benzene rings is 1. The Bertz CT molecular complexity index is 467. The van der Waals surface area contributed by atoms with Crippen molar-refractivity contribution < 1.29 is 9.66 Å². The van der Waals surface area contributed by atoms with Crippen LogP contribution in [0.2, 0.25) is 0 Å². The number of aliphatic imine (C=N–C) groups is 1. The lowest BCUT2D eigenvalue weighted by molar-refractivity contribution is -0.384. The van der Waals surface area contributed by atoms with Gasteiger partial charge in [0.05, 0.1) is 11.5 Å². The van der Waals surface area contributed by atoms with Gasteiger partial charge in [0.25, 0.3) is 5.69 Å². The molecule has 22 heavy (non-hydrogen) atoms. The second kappa shape index (κ2) is 12.0. The summed E-state index contributed by atoms with van der Waals surface area (Å²) in [6, 6.07) is 6.32. The SMILES string of the molecule is CN=C(NCCNc1ccc([N+](=O)[O-])cc1)NCCOC.I. The number of ether oxygens (including phenoxy) is 1. The van der Waals surface area contributed by atoms with Crippen LogP contribution in [0.25, 0.3) is 0 Å². The van der Waals surface area contributed by atoms with Crippen LogP contribution in [0, 0.1) is 10.1 Å². The van der Waals surface area contributed by atoms with Crippen LogP contribution < -0.4 is 16.0 Å². The second-order valence-electron chi connectivity index (χ2n) is 4.15. The molecule has 124 valence electrons. The Kier molecular flexibility index (Phi) is 11.1. The van der Waals surface area contributed by atoms with Gasteiger partial charge in [-0.2, -0.15) is 0 Å². The molecule has 0 aliphatic carbocycles. The topological polar surface area (TPSA) is 101 Å². The molecule has 0 aliphatic heterocycles. The molecule has 0 unspecified atom stereocenters. The molecule has 9 heteroatoms. The summed E-state index contributed by atoms with van der Waals surface area (Å²) in [5.74, 6) is 0.706. The first-order valence-electron chi connectivity index (χ1n) is 6.59. The lowest BCUT2D eigenvalue weighted by atomic mass is 10.3. The van der Waals surface area contributed by atoms with Crippen LogP contribution in [0.3, 0.4) is 0 Å². The van der Waals surface area contributed by atoms with Gasteiger partial charge >= 0.3 is 0 Å². The van der Waals surface area contributed by atoms with E-state index in [0.717, 1.165) is 5.69 Å². The van der Waals surface area contributed by atoms with Crippen molar-refractivity contribution in [2.45, 2.75) is 0 Å². The van der Waals surface area contributed by atoms with Gasteiger partial charge in [-0.05, 0) is 12.1 Å². The summed E-state index contributed by atoms with van der Waals surface area (Å²) in [4.78, 5) is 14.2. The zero-order valence-corrected chi connectivity index (χ0v) is 15.0. The zero-order valence-electron chi connectivity index (χ0n) is 12.7. The van der Waals surface area contributed by atoms with Gasteiger partial charge in [-0.1, -0.05) is 0 Å². The molecular formula is C13H22IN5O3. The highest BCUT2D eigenvalue weighted by molar-refractivity contribution is 14.0. The molecule has 1 aromatic carbocycles. The van der Waals surface area contributed by atoms with E-state index < -0.39 is 4.92 Å². The van der Waals surface area contributed by atoms with Gasteiger partial charge in [-0.15, -0.1) is 24.0 Å². The van der Waals surface area contributed by atoms with Gasteiger partial charge in [0.15, 0.2) is 5.96 Å². The molecule has 0 aromatic heterocycles. The maximum absolute atomic E-state index is 10.5. The van der Waals surface area contributed by atoms with Crippen LogP contribution in [-0.4, -0.2) is 51.3 Å². The third kappa shape index (κ3) is 7.98. The molecule has 0 spiro atoms. The number of nitrogens with one attached hydrogen (secondary N) is 3. The van der Waals surface area contributed by atoms with Gasteiger partial charge < -0.3 is 20.7 Å². The number of anilines is 1. The molecule has 0 atom stereocenters. The van der Waals surface area contributed by atoms with Crippen molar-refractivity contribution in [3.8, 4) is 0 Å². The van der Waals surface area contributed by atoms with Crippen LogP contribution >= 0.6 is 24.0 Å². The van der Waals surface area contributed by atoms with Crippen LogP contribution in [0.4, 0.5) is 11.4 Å². The number of hydrogen-bond donors (Lipinski definition) is 3. The van der Waals surface area contributed by atoms with E-state index in [1.165, 1.54) is 12.1 Å². The smallest absolute Gasteiger partial charge is 0.269 e. The first kappa shape index (κ1) is 20.4. The molecular weight excluding hydrogens is 401 g/mol. The van der Waals surface area contributed by atoms with E-state index in [9.17, 15) is 10.1 Å². The van der Waals surface area contributed by atoms with E-state index in [1.54, 1.807) is 26.3 Å². The Morgan fingerprint density at radius 2 is 1.86 bits per heavy atom. The van der Waals surface area contributed by atoms with Crippen LogP contribution in [0.15, 0.2) is 29.3 Å². The van der Waals surface area contributed by atoms with Crippen molar-refractivity contribution in [3.63, 3.8) is 0 Å². The van der Waals surface area contributed by atoms with Gasteiger partial charge in [-0.3, -0.25) is 15.1 Å². The van der Waals surface area contributed by atoms with Crippen LogP contribution in [-0.2, 0) is 4.74 Å². The molecule has 0 amide bonds. The standard InChI is InChI=1S/C13H21N5O3.HI/c1-14-13(17-9-10-21-2)16-8-7-15-11-3-5-12(6-4-11)18(19)20;/h3-6,15H,7-10H2,1-2H3,(H2,14,16,17);1H. The molecule has 1 aromatic rings. The van der Waals surface area contributed by atoms with Crippen LogP contribution in [0.1, 0.15) is 0 Å². The number of halogens is 1. The zero-order chi connectivity index (χ0) is 15.5. The molecule has 0 fully saturated rings. The normalized spacial score (nSPS) is 10.5. The minimum atomic E-state index is -0.416. The van der Waals surface area contributed by atoms with E-state index in [0.29, 0.717) is 32.2 Å². The Hall–Kier alpha value is -1.62. The second-order valence-corrected chi connectivity index (χ2v) is 4.15. The predicted molar refractivity (Wildman–Crippen MR) is 98.2 cm³/mol. The average Bonchev–Trinajstić information content (AvgIpc) is 2.50. The molecule has 8 nitrogen and oxygen atoms in total. The molecule has 0 bridgehead atoms. The Morgan fingerprint density at radius 3 is 2.41 bits per heavy atom. The van der Waals surface area contributed by atoms with Gasteiger partial charge in [-0.25, -0.2) is 0 Å². The first-order valence-corrected chi connectivity index (χ1v) is 6.59. The quantitative estimate of drug-likeness (QED) is 0.146. The molecule has 0 aliphatic rings. The minimum Gasteiger partial charge on any atom is -0.383 e. The number of nitrogens with zero attached hydrogens (tertiary/aromatic N) is 2. The molecule has 1 rings (SSSR count). The Morgan fingerprint density at radius 1 is 1.23 bits per heavy atom. The van der Waals surface area contributed by atoms with E-state index in [1.807, 2.05) is 0 Å². The molecule has 0 radical (unpaired) electrons. The lowest BCUT2D eigenvalue weighted by Gasteiger charge is -2.12. The third-order valence-corrected chi connectivity index (χ3v) is 2.65. The van der Waals surface area contributed by atoms with Crippen molar-refractivity contribution >= 4 is 41.3 Å². The Labute approximate surface area is 146 Å². The fraction of sp³-hybridized carbons (Fsp3) is 0.462. The van der Waals surface area contributed by atoms with E-state index in [2.05, 4.69) is 20.9 Å². The number of nitro benzene ring substituents is 1. The number of non-ortho nitro benzene ring substituents is 1. The number of nitro groups is 1. The van der Waals surface area contributed by atoms with Crippen molar-refractivity contribution in [2.24, 2.45) is 4.99 Å². The third-order valence-electron chi connectivity index (χ3n) is 2.65. The highest BCUT2D eigenvalue weighted by atomic mass is 127. The minimum absolute atomic E-state index is 0. The average molecular weight is 423 g/mol. The van der Waals surface area contributed by atoms with Crippen molar-refractivity contribution in [2.75, 3.05) is 45.7 Å². The lowest BCUT2D eigenvalue weighted by Crippen LogP contribution is -2.40. The van der Waals surface area contributed by atoms with E-state index in [4.69, 9.17) is 4.74 Å².